The molecule has 0 aliphatic rings. The number of anilines is 1. The zero-order chi connectivity index (χ0) is 19.2. The Hall–Kier alpha value is -3.27. The van der Waals surface area contributed by atoms with Gasteiger partial charge in [-0.05, 0) is 19.1 Å². The van der Waals surface area contributed by atoms with Crippen LogP contribution in [0.5, 0.6) is 0 Å². The highest BCUT2D eigenvalue weighted by Crippen LogP contribution is 2.26. The van der Waals surface area contributed by atoms with Gasteiger partial charge in [0, 0.05) is 30.4 Å². The fraction of sp³-hybridized carbons (Fsp3) is 0.176. The Labute approximate surface area is 159 Å². The second-order valence-electron chi connectivity index (χ2n) is 5.41. The molecule has 1 aromatic carbocycles. The summed E-state index contributed by atoms with van der Waals surface area (Å²) in [6, 6.07) is 11.5. The first-order valence-electron chi connectivity index (χ1n) is 8.10. The number of hydrogen-bond acceptors (Lipinski definition) is 7. The minimum Gasteiger partial charge on any atom is -0.310 e. The van der Waals surface area contributed by atoms with Crippen molar-refractivity contribution in [2.45, 2.75) is 18.6 Å². The van der Waals surface area contributed by atoms with E-state index in [9.17, 15) is 14.9 Å². The normalized spacial score (nSPS) is 10.6. The molecule has 2 heterocycles. The zero-order valence-electron chi connectivity index (χ0n) is 14.4. The first kappa shape index (κ1) is 18.5. The maximum Gasteiger partial charge on any atom is 0.270 e. The van der Waals surface area contributed by atoms with E-state index in [1.807, 2.05) is 11.5 Å². The van der Waals surface area contributed by atoms with E-state index in [2.05, 4.69) is 20.5 Å². The molecule has 10 heteroatoms. The zero-order valence-corrected chi connectivity index (χ0v) is 15.2. The number of non-ortho nitro benzene ring substituents is 1. The number of carbonyl (C=O) groups excluding carboxylic acids is 1. The van der Waals surface area contributed by atoms with Gasteiger partial charge in [0.1, 0.15) is 5.82 Å². The highest BCUT2D eigenvalue weighted by molar-refractivity contribution is 7.99. The van der Waals surface area contributed by atoms with Gasteiger partial charge >= 0.3 is 0 Å². The molecule has 0 saturated carbocycles. The molecule has 0 radical (unpaired) electrons. The Morgan fingerprint density at radius 3 is 2.81 bits per heavy atom. The summed E-state index contributed by atoms with van der Waals surface area (Å²) in [5, 5.41) is 22.5. The molecule has 0 bridgehead atoms. The third kappa shape index (κ3) is 4.47. The van der Waals surface area contributed by atoms with E-state index >= 15 is 0 Å². The number of nitrogens with one attached hydrogen (secondary N) is 1. The average molecular weight is 384 g/mol. The number of hydrogen-bond donors (Lipinski definition) is 1. The van der Waals surface area contributed by atoms with Crippen LogP contribution in [0.25, 0.3) is 11.4 Å². The number of pyridine rings is 1. The maximum atomic E-state index is 12.1. The molecule has 0 saturated heterocycles. The third-order valence-corrected chi connectivity index (χ3v) is 4.58. The maximum absolute atomic E-state index is 12.1. The number of nitro benzene ring substituents is 1. The van der Waals surface area contributed by atoms with Crippen LogP contribution in [0, 0.1) is 10.1 Å². The monoisotopic (exact) mass is 384 g/mol. The lowest BCUT2D eigenvalue weighted by molar-refractivity contribution is -0.384. The Bertz CT molecular complexity index is 960. The summed E-state index contributed by atoms with van der Waals surface area (Å²) in [5.41, 5.74) is 0.588. The molecule has 0 unspecified atom stereocenters. The predicted molar refractivity (Wildman–Crippen MR) is 101 cm³/mol. The summed E-state index contributed by atoms with van der Waals surface area (Å²) in [6.07, 6.45) is 1.60. The summed E-state index contributed by atoms with van der Waals surface area (Å²) in [6.45, 7) is 2.48. The molecule has 1 N–H and O–H groups in total. The van der Waals surface area contributed by atoms with Gasteiger partial charge in [0.2, 0.25) is 5.91 Å². The van der Waals surface area contributed by atoms with Crippen LogP contribution >= 0.6 is 11.8 Å². The Morgan fingerprint density at radius 2 is 2.11 bits per heavy atom. The van der Waals surface area contributed by atoms with Gasteiger partial charge in [0.15, 0.2) is 11.0 Å². The molecule has 27 heavy (non-hydrogen) atoms. The molecule has 3 rings (SSSR count). The topological polar surface area (TPSA) is 116 Å². The van der Waals surface area contributed by atoms with Crippen LogP contribution < -0.4 is 5.32 Å². The first-order valence-corrected chi connectivity index (χ1v) is 9.08. The van der Waals surface area contributed by atoms with Crippen molar-refractivity contribution in [3.63, 3.8) is 0 Å². The van der Waals surface area contributed by atoms with E-state index < -0.39 is 4.92 Å². The second kappa shape index (κ2) is 8.41. The number of nitro groups is 1. The lowest BCUT2D eigenvalue weighted by atomic mass is 10.2. The van der Waals surface area contributed by atoms with Crippen molar-refractivity contribution in [2.75, 3.05) is 11.1 Å². The minimum absolute atomic E-state index is 0.0119. The molecule has 0 aliphatic carbocycles. The molecule has 0 aliphatic heterocycles. The van der Waals surface area contributed by atoms with Crippen LogP contribution in [0.4, 0.5) is 11.5 Å². The number of carbonyl (C=O) groups is 1. The van der Waals surface area contributed by atoms with Crippen molar-refractivity contribution >= 4 is 29.2 Å². The van der Waals surface area contributed by atoms with Crippen LogP contribution in [0.3, 0.4) is 0 Å². The molecular formula is C17H16N6O3S. The Morgan fingerprint density at radius 1 is 1.26 bits per heavy atom. The Balaban J connectivity index is 1.73. The van der Waals surface area contributed by atoms with Gasteiger partial charge in [0.05, 0.1) is 10.7 Å². The first-order chi connectivity index (χ1) is 13.1. The highest BCUT2D eigenvalue weighted by atomic mass is 32.2. The average Bonchev–Trinajstić information content (AvgIpc) is 3.10. The summed E-state index contributed by atoms with van der Waals surface area (Å²) in [7, 11) is 0. The van der Waals surface area contributed by atoms with Crippen molar-refractivity contribution < 1.29 is 9.72 Å². The fourth-order valence-corrected chi connectivity index (χ4v) is 3.20. The number of rotatable bonds is 7. The molecule has 0 spiro atoms. The van der Waals surface area contributed by atoms with Crippen LogP contribution in [0.2, 0.25) is 0 Å². The van der Waals surface area contributed by atoms with E-state index in [0.717, 1.165) is 0 Å². The molecule has 2 aromatic heterocycles. The number of nitrogens with zero attached hydrogens (tertiary/aromatic N) is 5. The van der Waals surface area contributed by atoms with Crippen molar-refractivity contribution in [3.8, 4) is 11.4 Å². The standard InChI is InChI=1S/C17H16N6O3S/c1-2-22-16(12-6-5-7-13(10-12)23(25)26)20-21-17(22)27-11-15(24)19-14-8-3-4-9-18-14/h3-10H,2,11H2,1H3,(H,18,19,24). The van der Waals surface area contributed by atoms with Crippen molar-refractivity contribution in [1.82, 2.24) is 19.7 Å². The van der Waals surface area contributed by atoms with Gasteiger partial charge in [0.25, 0.3) is 5.69 Å². The van der Waals surface area contributed by atoms with Gasteiger partial charge in [-0.15, -0.1) is 10.2 Å². The van der Waals surface area contributed by atoms with Crippen LogP contribution in [-0.2, 0) is 11.3 Å². The summed E-state index contributed by atoms with van der Waals surface area (Å²) in [5.74, 6) is 0.941. The van der Waals surface area contributed by atoms with Crippen LogP contribution in [-0.4, -0.2) is 36.3 Å². The van der Waals surface area contributed by atoms with E-state index in [4.69, 9.17) is 0 Å². The largest absolute Gasteiger partial charge is 0.310 e. The van der Waals surface area contributed by atoms with Gasteiger partial charge in [-0.25, -0.2) is 4.98 Å². The lowest BCUT2D eigenvalue weighted by Crippen LogP contribution is -2.15. The minimum atomic E-state index is -0.451. The second-order valence-corrected chi connectivity index (χ2v) is 6.35. The fourth-order valence-electron chi connectivity index (χ4n) is 2.40. The SMILES string of the molecule is CCn1c(SCC(=O)Nc2ccccn2)nnc1-c1cccc([N+](=O)[O-])c1. The highest BCUT2D eigenvalue weighted by Gasteiger charge is 2.16. The number of thioether (sulfide) groups is 1. The van der Waals surface area contributed by atoms with Gasteiger partial charge in [-0.1, -0.05) is 30.0 Å². The molecule has 0 fully saturated rings. The molecular weight excluding hydrogens is 368 g/mol. The summed E-state index contributed by atoms with van der Waals surface area (Å²) >= 11 is 1.24. The molecule has 3 aromatic rings. The third-order valence-electron chi connectivity index (χ3n) is 3.61. The van der Waals surface area contributed by atoms with Gasteiger partial charge in [-0.2, -0.15) is 0 Å². The number of aromatic nitrogens is 4. The smallest absolute Gasteiger partial charge is 0.270 e. The Kier molecular flexibility index (Phi) is 5.77. The molecule has 1 amide bonds. The number of benzene rings is 1. The van der Waals surface area contributed by atoms with E-state index in [1.54, 1.807) is 36.5 Å². The van der Waals surface area contributed by atoms with Crippen LogP contribution in [0.1, 0.15) is 6.92 Å². The number of amides is 1. The van der Waals surface area contributed by atoms with E-state index in [0.29, 0.717) is 28.9 Å². The van der Waals surface area contributed by atoms with Crippen molar-refractivity contribution in [1.29, 1.82) is 0 Å². The van der Waals surface area contributed by atoms with Crippen molar-refractivity contribution in [2.24, 2.45) is 0 Å². The lowest BCUT2D eigenvalue weighted by Gasteiger charge is -2.07. The quantitative estimate of drug-likeness (QED) is 0.378. The van der Waals surface area contributed by atoms with E-state index in [-0.39, 0.29) is 17.3 Å². The van der Waals surface area contributed by atoms with Gasteiger partial charge in [-0.3, -0.25) is 14.9 Å². The van der Waals surface area contributed by atoms with Crippen molar-refractivity contribution in [3.05, 3.63) is 58.8 Å². The summed E-state index contributed by atoms with van der Waals surface area (Å²) in [4.78, 5) is 26.7. The molecule has 0 atom stereocenters. The molecule has 9 nitrogen and oxygen atoms in total. The predicted octanol–water partition coefficient (Wildman–Crippen LogP) is 3.00. The van der Waals surface area contributed by atoms with E-state index in [1.165, 1.54) is 23.9 Å². The van der Waals surface area contributed by atoms with Crippen LogP contribution in [0.15, 0.2) is 53.8 Å². The summed E-state index contributed by atoms with van der Waals surface area (Å²) < 4.78 is 1.82. The molecule has 138 valence electrons. The van der Waals surface area contributed by atoms with Gasteiger partial charge < -0.3 is 9.88 Å².